The van der Waals surface area contributed by atoms with Crippen LogP contribution in [-0.4, -0.2) is 30.7 Å². The molecular weight excluding hydrogens is 312 g/mol. The van der Waals surface area contributed by atoms with Crippen LogP contribution in [0.4, 0.5) is 0 Å². The monoisotopic (exact) mass is 326 g/mol. The van der Waals surface area contributed by atoms with Crippen LogP contribution >= 0.6 is 15.9 Å². The van der Waals surface area contributed by atoms with Crippen molar-refractivity contribution in [1.29, 1.82) is 0 Å². The van der Waals surface area contributed by atoms with E-state index in [1.807, 2.05) is 12.1 Å². The van der Waals surface area contributed by atoms with Crippen LogP contribution in [0.5, 0.6) is 11.5 Å². The summed E-state index contributed by atoms with van der Waals surface area (Å²) in [5.41, 5.74) is 6.48. The van der Waals surface area contributed by atoms with Crippen molar-refractivity contribution < 1.29 is 14.3 Å². The highest BCUT2D eigenvalue weighted by Gasteiger charge is 2.27. The Morgan fingerprint density at radius 3 is 3.05 bits per heavy atom. The number of hydrogen-bond acceptors (Lipinski definition) is 4. The first-order valence-electron chi connectivity index (χ1n) is 6.23. The van der Waals surface area contributed by atoms with E-state index in [0.717, 1.165) is 47.6 Å². The lowest BCUT2D eigenvalue weighted by Gasteiger charge is -2.16. The van der Waals surface area contributed by atoms with Gasteiger partial charge in [0.25, 0.3) is 0 Å². The van der Waals surface area contributed by atoms with Crippen molar-refractivity contribution in [2.24, 2.45) is 11.7 Å². The molecule has 0 aliphatic carbocycles. The topological polar surface area (TPSA) is 64.8 Å². The Balaban J connectivity index is 1.71. The zero-order chi connectivity index (χ0) is 13.4. The van der Waals surface area contributed by atoms with E-state index in [0.29, 0.717) is 0 Å². The molecule has 5 nitrogen and oxygen atoms in total. The van der Waals surface area contributed by atoms with Crippen molar-refractivity contribution in [1.82, 2.24) is 4.90 Å². The van der Waals surface area contributed by atoms with Crippen LogP contribution in [0.25, 0.3) is 0 Å². The van der Waals surface area contributed by atoms with Crippen LogP contribution in [0.3, 0.4) is 0 Å². The third-order valence-electron chi connectivity index (χ3n) is 3.57. The van der Waals surface area contributed by atoms with E-state index < -0.39 is 0 Å². The van der Waals surface area contributed by atoms with Gasteiger partial charge in [-0.25, -0.2) is 0 Å². The van der Waals surface area contributed by atoms with E-state index in [-0.39, 0.29) is 18.6 Å². The summed E-state index contributed by atoms with van der Waals surface area (Å²) in [5.74, 6) is 1.32. The summed E-state index contributed by atoms with van der Waals surface area (Å²) in [6.07, 6.45) is 0.848. The number of likely N-dealkylation sites (tertiary alicyclic amines) is 1. The number of halogens is 1. The predicted octanol–water partition coefficient (Wildman–Crippen LogP) is 1.48. The molecule has 2 heterocycles. The number of rotatable bonds is 3. The largest absolute Gasteiger partial charge is 0.454 e. The summed E-state index contributed by atoms with van der Waals surface area (Å²) in [7, 11) is 0. The Bertz CT molecular complexity index is 521. The Hall–Kier alpha value is -1.27. The molecule has 1 fully saturated rings. The van der Waals surface area contributed by atoms with Crippen LogP contribution in [-0.2, 0) is 11.3 Å². The minimum Gasteiger partial charge on any atom is -0.454 e. The van der Waals surface area contributed by atoms with E-state index in [4.69, 9.17) is 15.2 Å². The van der Waals surface area contributed by atoms with Gasteiger partial charge in [-0.1, -0.05) is 0 Å². The quantitative estimate of drug-likeness (QED) is 0.913. The number of amides is 1. The average molecular weight is 327 g/mol. The zero-order valence-electron chi connectivity index (χ0n) is 10.4. The Morgan fingerprint density at radius 2 is 2.32 bits per heavy atom. The maximum atomic E-state index is 11.2. The highest BCUT2D eigenvalue weighted by Crippen LogP contribution is 2.40. The molecule has 1 atom stereocenters. The summed E-state index contributed by atoms with van der Waals surface area (Å²) in [5, 5.41) is 0. The Labute approximate surface area is 119 Å². The number of nitrogens with zero attached hydrogens (tertiary/aromatic N) is 1. The minimum absolute atomic E-state index is 0.0162. The summed E-state index contributed by atoms with van der Waals surface area (Å²) < 4.78 is 11.7. The van der Waals surface area contributed by atoms with Gasteiger partial charge in [-0.05, 0) is 46.6 Å². The molecule has 0 bridgehead atoms. The Morgan fingerprint density at radius 1 is 1.47 bits per heavy atom. The number of primary amides is 1. The van der Waals surface area contributed by atoms with Crippen molar-refractivity contribution in [3.8, 4) is 11.5 Å². The fraction of sp³-hybridized carbons (Fsp3) is 0.462. The van der Waals surface area contributed by atoms with E-state index in [2.05, 4.69) is 20.8 Å². The molecule has 102 valence electrons. The fourth-order valence-electron chi connectivity index (χ4n) is 2.58. The summed E-state index contributed by atoms with van der Waals surface area (Å²) in [4.78, 5) is 13.4. The molecule has 0 radical (unpaired) electrons. The zero-order valence-corrected chi connectivity index (χ0v) is 12.0. The molecule has 2 aliphatic rings. The molecule has 0 saturated carbocycles. The van der Waals surface area contributed by atoms with Gasteiger partial charge >= 0.3 is 0 Å². The maximum absolute atomic E-state index is 11.2. The molecule has 3 rings (SSSR count). The van der Waals surface area contributed by atoms with Gasteiger partial charge in [0.1, 0.15) is 0 Å². The highest BCUT2D eigenvalue weighted by molar-refractivity contribution is 9.10. The minimum atomic E-state index is -0.200. The van der Waals surface area contributed by atoms with Crippen LogP contribution in [0.2, 0.25) is 0 Å². The molecule has 1 amide bonds. The Kier molecular flexibility index (Phi) is 3.36. The third kappa shape index (κ3) is 2.55. The van der Waals surface area contributed by atoms with E-state index in [9.17, 15) is 4.79 Å². The lowest BCUT2D eigenvalue weighted by atomic mass is 10.1. The van der Waals surface area contributed by atoms with Gasteiger partial charge in [0.05, 0.1) is 10.4 Å². The van der Waals surface area contributed by atoms with Gasteiger partial charge in [-0.2, -0.15) is 0 Å². The van der Waals surface area contributed by atoms with Gasteiger partial charge in [-0.3, -0.25) is 9.69 Å². The normalized spacial score (nSPS) is 21.8. The molecule has 2 aliphatic heterocycles. The molecule has 0 spiro atoms. The highest BCUT2D eigenvalue weighted by atomic mass is 79.9. The first kappa shape index (κ1) is 12.7. The third-order valence-corrected chi connectivity index (χ3v) is 4.16. The van der Waals surface area contributed by atoms with Crippen LogP contribution in [0.15, 0.2) is 16.6 Å². The molecule has 1 aromatic rings. The number of hydrogen-bond donors (Lipinski definition) is 1. The second-order valence-corrected chi connectivity index (χ2v) is 5.79. The van der Waals surface area contributed by atoms with Gasteiger partial charge in [-0.15, -0.1) is 0 Å². The van der Waals surface area contributed by atoms with Crippen molar-refractivity contribution in [2.75, 3.05) is 19.9 Å². The molecule has 19 heavy (non-hydrogen) atoms. The molecule has 0 unspecified atom stereocenters. The molecule has 1 aromatic carbocycles. The number of nitrogens with two attached hydrogens (primary N) is 1. The number of benzene rings is 1. The number of carbonyl (C=O) groups is 1. The van der Waals surface area contributed by atoms with Gasteiger partial charge in [0.15, 0.2) is 11.5 Å². The van der Waals surface area contributed by atoms with Crippen LogP contribution < -0.4 is 15.2 Å². The lowest BCUT2D eigenvalue weighted by molar-refractivity contribution is -0.121. The second kappa shape index (κ2) is 5.02. The second-order valence-electron chi connectivity index (χ2n) is 4.93. The van der Waals surface area contributed by atoms with Crippen LogP contribution in [0.1, 0.15) is 12.0 Å². The van der Waals surface area contributed by atoms with E-state index in [1.165, 1.54) is 0 Å². The standard InChI is InChI=1S/C13H15BrN2O3/c14-10-3-8(4-11-12(10)19-7-18-11)5-16-2-1-9(6-16)13(15)17/h3-4,9H,1-2,5-7H2,(H2,15,17)/t9-/m0/s1. The van der Waals surface area contributed by atoms with E-state index in [1.54, 1.807) is 0 Å². The van der Waals surface area contributed by atoms with Crippen molar-refractivity contribution >= 4 is 21.8 Å². The lowest BCUT2D eigenvalue weighted by Crippen LogP contribution is -2.27. The fourth-order valence-corrected chi connectivity index (χ4v) is 3.18. The smallest absolute Gasteiger partial charge is 0.231 e. The van der Waals surface area contributed by atoms with Gasteiger partial charge in [0.2, 0.25) is 12.7 Å². The summed E-state index contributed by atoms with van der Waals surface area (Å²) in [6, 6.07) is 4.02. The maximum Gasteiger partial charge on any atom is 0.231 e. The molecule has 0 aromatic heterocycles. The van der Waals surface area contributed by atoms with E-state index >= 15 is 0 Å². The number of ether oxygens (including phenoxy) is 2. The van der Waals surface area contributed by atoms with Crippen molar-refractivity contribution in [3.05, 3.63) is 22.2 Å². The summed E-state index contributed by atoms with van der Waals surface area (Å²) >= 11 is 3.48. The molecule has 2 N–H and O–H groups in total. The first-order valence-corrected chi connectivity index (χ1v) is 7.02. The van der Waals surface area contributed by atoms with Crippen LogP contribution in [0, 0.1) is 5.92 Å². The van der Waals surface area contributed by atoms with Crippen molar-refractivity contribution in [2.45, 2.75) is 13.0 Å². The number of carbonyl (C=O) groups excluding carboxylic acids is 1. The SMILES string of the molecule is NC(=O)[C@H]1CCN(Cc2cc(Br)c3c(c2)OCO3)C1. The molecular formula is C13H15BrN2O3. The number of fused-ring (bicyclic) bond motifs is 1. The summed E-state index contributed by atoms with van der Waals surface area (Å²) in [6.45, 7) is 2.70. The predicted molar refractivity (Wildman–Crippen MR) is 72.8 cm³/mol. The van der Waals surface area contributed by atoms with Crippen molar-refractivity contribution in [3.63, 3.8) is 0 Å². The average Bonchev–Trinajstić information content (AvgIpc) is 2.97. The molecule has 6 heteroatoms. The van der Waals surface area contributed by atoms with Gasteiger partial charge in [0, 0.05) is 13.1 Å². The molecule has 1 saturated heterocycles. The first-order chi connectivity index (χ1) is 9.13. The van der Waals surface area contributed by atoms with Gasteiger partial charge < -0.3 is 15.2 Å².